The van der Waals surface area contributed by atoms with Crippen LogP contribution in [0.5, 0.6) is 0 Å². The highest BCUT2D eigenvalue weighted by atomic mass is 127. The van der Waals surface area contributed by atoms with Crippen LogP contribution in [0.4, 0.5) is 0 Å². The maximum absolute atomic E-state index is 6.17. The zero-order chi connectivity index (χ0) is 8.72. The lowest BCUT2D eigenvalue weighted by molar-refractivity contribution is 1.47. The minimum atomic E-state index is 0.895. The average molecular weight is 309 g/mol. The monoisotopic (exact) mass is 308 g/mol. The predicted molar refractivity (Wildman–Crippen MR) is 64.3 cm³/mol. The zero-order valence-corrected chi connectivity index (χ0v) is 10.1. The van der Waals surface area contributed by atoms with E-state index in [4.69, 9.17) is 11.6 Å². The van der Waals surface area contributed by atoms with Crippen molar-refractivity contribution >= 4 is 55.6 Å². The van der Waals surface area contributed by atoms with Crippen molar-refractivity contribution in [2.75, 3.05) is 0 Å². The Morgan fingerprint density at radius 2 is 2.25 bits per heavy atom. The van der Waals surface area contributed by atoms with Crippen LogP contribution in [0.25, 0.3) is 10.1 Å². The van der Waals surface area contributed by atoms with Crippen molar-refractivity contribution in [3.05, 3.63) is 31.7 Å². The van der Waals surface area contributed by atoms with E-state index in [1.54, 1.807) is 11.3 Å². The van der Waals surface area contributed by atoms with Crippen LogP contribution >= 0.6 is 45.5 Å². The van der Waals surface area contributed by atoms with E-state index < -0.39 is 0 Å². The molecule has 1 aromatic carbocycles. The average Bonchev–Trinajstić information content (AvgIpc) is 2.48. The summed E-state index contributed by atoms with van der Waals surface area (Å²) in [5, 5.41) is 4.15. The fraction of sp³-hybridized carbons (Fsp3) is 0.111. The number of halogens is 2. The van der Waals surface area contributed by atoms with Crippen molar-refractivity contribution in [2.45, 2.75) is 6.92 Å². The Labute approximate surface area is 93.7 Å². The molecule has 0 spiro atoms. The van der Waals surface area contributed by atoms with Gasteiger partial charge in [-0.3, -0.25) is 0 Å². The minimum Gasteiger partial charge on any atom is -0.144 e. The fourth-order valence-electron chi connectivity index (χ4n) is 1.17. The molecule has 0 unspecified atom stereocenters. The van der Waals surface area contributed by atoms with E-state index in [-0.39, 0.29) is 0 Å². The molecular formula is C9H6ClIS. The highest BCUT2D eigenvalue weighted by molar-refractivity contribution is 14.1. The molecule has 0 saturated heterocycles. The van der Waals surface area contributed by atoms with Gasteiger partial charge in [-0.2, -0.15) is 0 Å². The first-order valence-electron chi connectivity index (χ1n) is 3.52. The van der Waals surface area contributed by atoms with Crippen LogP contribution in [0.3, 0.4) is 0 Å². The van der Waals surface area contributed by atoms with Crippen LogP contribution in [-0.2, 0) is 0 Å². The van der Waals surface area contributed by atoms with E-state index in [0.29, 0.717) is 0 Å². The largest absolute Gasteiger partial charge is 0.144 e. The molecule has 2 aromatic rings. The summed E-state index contributed by atoms with van der Waals surface area (Å²) in [6, 6.07) is 4.26. The topological polar surface area (TPSA) is 0 Å². The van der Waals surface area contributed by atoms with Crippen molar-refractivity contribution in [2.24, 2.45) is 0 Å². The molecule has 1 aromatic heterocycles. The summed E-state index contributed by atoms with van der Waals surface area (Å²) in [7, 11) is 0. The second-order valence-corrected chi connectivity index (χ2v) is 5.06. The lowest BCUT2D eigenvalue weighted by Gasteiger charge is -2.01. The van der Waals surface area contributed by atoms with Crippen molar-refractivity contribution in [3.63, 3.8) is 0 Å². The molecule has 1 heterocycles. The molecule has 0 aliphatic heterocycles. The Balaban J connectivity index is 2.94. The molecule has 12 heavy (non-hydrogen) atoms. The molecule has 0 radical (unpaired) electrons. The highest BCUT2D eigenvalue weighted by Gasteiger charge is 2.06. The Bertz CT molecular complexity index is 433. The first-order chi connectivity index (χ1) is 5.70. The summed E-state index contributed by atoms with van der Waals surface area (Å²) in [5.41, 5.74) is 1.26. The van der Waals surface area contributed by atoms with Gasteiger partial charge in [0, 0.05) is 13.7 Å². The van der Waals surface area contributed by atoms with Crippen LogP contribution in [-0.4, -0.2) is 0 Å². The Morgan fingerprint density at radius 1 is 1.50 bits per heavy atom. The van der Waals surface area contributed by atoms with Gasteiger partial charge in [-0.15, -0.1) is 11.3 Å². The summed E-state index contributed by atoms with van der Waals surface area (Å²) in [6.07, 6.45) is 0. The van der Waals surface area contributed by atoms with Crippen LogP contribution in [0.2, 0.25) is 5.02 Å². The maximum atomic E-state index is 6.17. The smallest absolute Gasteiger partial charge is 0.0628 e. The number of benzene rings is 1. The standard InChI is InChI=1S/C9H6ClIS/c1-5-4-7-6(2-3-12-7)8(10)9(5)11/h2-4H,1H3. The molecule has 0 atom stereocenters. The van der Waals surface area contributed by atoms with Gasteiger partial charge in [0.15, 0.2) is 0 Å². The van der Waals surface area contributed by atoms with E-state index in [1.165, 1.54) is 19.2 Å². The van der Waals surface area contributed by atoms with Crippen molar-refractivity contribution in [1.29, 1.82) is 0 Å². The number of thiophene rings is 1. The van der Waals surface area contributed by atoms with E-state index in [9.17, 15) is 0 Å². The molecule has 2 rings (SSSR count). The van der Waals surface area contributed by atoms with Crippen LogP contribution < -0.4 is 0 Å². The molecule has 62 valence electrons. The number of rotatable bonds is 0. The van der Waals surface area contributed by atoms with Gasteiger partial charge in [0.2, 0.25) is 0 Å². The molecule has 3 heteroatoms. The summed E-state index contributed by atoms with van der Waals surface area (Å²) >= 11 is 10.2. The van der Waals surface area contributed by atoms with E-state index >= 15 is 0 Å². The summed E-state index contributed by atoms with van der Waals surface area (Å²) in [5.74, 6) is 0. The number of fused-ring (bicyclic) bond motifs is 1. The van der Waals surface area contributed by atoms with Crippen molar-refractivity contribution < 1.29 is 0 Å². The van der Waals surface area contributed by atoms with Crippen molar-refractivity contribution in [1.82, 2.24) is 0 Å². The summed E-state index contributed by atoms with van der Waals surface area (Å²) in [6.45, 7) is 2.09. The van der Waals surface area contributed by atoms with Gasteiger partial charge in [0.1, 0.15) is 0 Å². The molecule has 0 nitrogen and oxygen atoms in total. The van der Waals surface area contributed by atoms with Crippen LogP contribution in [0.1, 0.15) is 5.56 Å². The molecule has 0 amide bonds. The third kappa shape index (κ3) is 1.26. The Kier molecular flexibility index (Phi) is 2.31. The first kappa shape index (κ1) is 8.78. The summed E-state index contributed by atoms with van der Waals surface area (Å²) in [4.78, 5) is 0. The number of hydrogen-bond acceptors (Lipinski definition) is 1. The molecular weight excluding hydrogens is 303 g/mol. The van der Waals surface area contributed by atoms with Crippen LogP contribution in [0.15, 0.2) is 17.5 Å². The third-order valence-electron chi connectivity index (χ3n) is 1.82. The van der Waals surface area contributed by atoms with Gasteiger partial charge in [-0.05, 0) is 52.6 Å². The fourth-order valence-corrected chi connectivity index (χ4v) is 2.87. The van der Waals surface area contributed by atoms with Gasteiger partial charge >= 0.3 is 0 Å². The highest BCUT2D eigenvalue weighted by Crippen LogP contribution is 2.33. The summed E-state index contributed by atoms with van der Waals surface area (Å²) < 4.78 is 2.44. The molecule has 0 aliphatic carbocycles. The van der Waals surface area contributed by atoms with Gasteiger partial charge in [-0.25, -0.2) is 0 Å². The molecule has 0 fully saturated rings. The van der Waals surface area contributed by atoms with E-state index in [1.807, 2.05) is 0 Å². The first-order valence-corrected chi connectivity index (χ1v) is 5.85. The number of hydrogen-bond donors (Lipinski definition) is 0. The predicted octanol–water partition coefficient (Wildman–Crippen LogP) is 4.47. The lowest BCUT2D eigenvalue weighted by Crippen LogP contribution is -1.80. The van der Waals surface area contributed by atoms with Gasteiger partial charge in [0.05, 0.1) is 5.02 Å². The molecule has 0 N–H and O–H groups in total. The Morgan fingerprint density at radius 3 is 3.00 bits per heavy atom. The third-order valence-corrected chi connectivity index (χ3v) is 4.78. The SMILES string of the molecule is Cc1cc2sccc2c(Cl)c1I. The normalized spacial score (nSPS) is 10.9. The van der Waals surface area contributed by atoms with E-state index in [2.05, 4.69) is 47.0 Å². The van der Waals surface area contributed by atoms with E-state index in [0.717, 1.165) is 5.02 Å². The zero-order valence-electron chi connectivity index (χ0n) is 6.40. The maximum Gasteiger partial charge on any atom is 0.0628 e. The molecule has 0 saturated carbocycles. The van der Waals surface area contributed by atoms with Gasteiger partial charge in [-0.1, -0.05) is 11.6 Å². The Hall–Kier alpha value is 0.200. The second kappa shape index (κ2) is 3.16. The minimum absolute atomic E-state index is 0.895. The van der Waals surface area contributed by atoms with Gasteiger partial charge < -0.3 is 0 Å². The van der Waals surface area contributed by atoms with Crippen molar-refractivity contribution in [3.8, 4) is 0 Å². The molecule has 0 bridgehead atoms. The quantitative estimate of drug-likeness (QED) is 0.630. The molecule has 0 aliphatic rings. The van der Waals surface area contributed by atoms with Crippen LogP contribution in [0, 0.1) is 10.5 Å². The second-order valence-electron chi connectivity index (χ2n) is 2.65. The van der Waals surface area contributed by atoms with Gasteiger partial charge in [0.25, 0.3) is 0 Å². The lowest BCUT2D eigenvalue weighted by atomic mass is 10.2. The number of aryl methyl sites for hydroxylation is 1.